The highest BCUT2D eigenvalue weighted by Gasteiger charge is 2.11. The van der Waals surface area contributed by atoms with Crippen LogP contribution >= 0.6 is 0 Å². The van der Waals surface area contributed by atoms with Crippen molar-refractivity contribution in [2.45, 2.75) is 39.3 Å². The first-order valence-electron chi connectivity index (χ1n) is 6.50. The van der Waals surface area contributed by atoms with E-state index >= 15 is 0 Å². The van der Waals surface area contributed by atoms with Crippen molar-refractivity contribution in [1.29, 1.82) is 0 Å². The maximum Gasteiger partial charge on any atom is 0.323 e. The molecule has 0 radical (unpaired) electrons. The van der Waals surface area contributed by atoms with Crippen LogP contribution in [-0.4, -0.2) is 27.1 Å². The summed E-state index contributed by atoms with van der Waals surface area (Å²) in [7, 11) is 0. The average molecular weight is 277 g/mol. The van der Waals surface area contributed by atoms with E-state index in [1.807, 2.05) is 32.9 Å². The molecule has 0 saturated heterocycles. The summed E-state index contributed by atoms with van der Waals surface area (Å²) in [4.78, 5) is 12.2. The third-order valence-corrected chi connectivity index (χ3v) is 2.44. The zero-order chi connectivity index (χ0) is 14.5. The summed E-state index contributed by atoms with van der Waals surface area (Å²) in [5.41, 5.74) is 5.65. The lowest BCUT2D eigenvalue weighted by atomic mass is 10.2. The monoisotopic (exact) mass is 277 g/mol. The minimum atomic E-state index is -0.0230. The van der Waals surface area contributed by atoms with Crippen molar-refractivity contribution in [3.63, 3.8) is 0 Å². The maximum absolute atomic E-state index is 5.65. The second kappa shape index (κ2) is 6.23. The predicted molar refractivity (Wildman–Crippen MR) is 75.5 cm³/mol. The van der Waals surface area contributed by atoms with Gasteiger partial charge < -0.3 is 20.2 Å². The highest BCUT2D eigenvalue weighted by Crippen LogP contribution is 2.13. The van der Waals surface area contributed by atoms with Crippen LogP contribution in [0.5, 0.6) is 6.01 Å². The normalized spacial score (nSPS) is 12.4. The van der Waals surface area contributed by atoms with Crippen LogP contribution in [0.15, 0.2) is 22.8 Å². The van der Waals surface area contributed by atoms with E-state index in [1.54, 1.807) is 6.26 Å². The predicted octanol–water partition coefficient (Wildman–Crippen LogP) is 1.88. The fourth-order valence-electron chi connectivity index (χ4n) is 1.70. The highest BCUT2D eigenvalue weighted by atomic mass is 16.5. The van der Waals surface area contributed by atoms with Gasteiger partial charge in [-0.15, -0.1) is 0 Å². The standard InChI is InChI=1S/C13H19N5O2/c1-8(2)20-13-17-11(14)16-12(18-13)15-9(3)7-10-5-4-6-19-10/h4-6,8-9H,7H2,1-3H3,(H3,14,15,16,17,18). The number of furan rings is 1. The zero-order valence-electron chi connectivity index (χ0n) is 11.8. The van der Waals surface area contributed by atoms with Gasteiger partial charge in [0.2, 0.25) is 11.9 Å². The van der Waals surface area contributed by atoms with Crippen LogP contribution in [0.1, 0.15) is 26.5 Å². The van der Waals surface area contributed by atoms with Crippen LogP contribution in [0.4, 0.5) is 11.9 Å². The Labute approximate surface area is 117 Å². The number of nitrogens with zero attached hydrogens (tertiary/aromatic N) is 3. The first kappa shape index (κ1) is 14.1. The van der Waals surface area contributed by atoms with E-state index in [2.05, 4.69) is 20.3 Å². The quantitative estimate of drug-likeness (QED) is 0.831. The highest BCUT2D eigenvalue weighted by molar-refractivity contribution is 5.33. The fraction of sp³-hybridized carbons (Fsp3) is 0.462. The second-order valence-corrected chi connectivity index (χ2v) is 4.80. The summed E-state index contributed by atoms with van der Waals surface area (Å²) < 4.78 is 10.7. The van der Waals surface area contributed by atoms with Gasteiger partial charge in [-0.25, -0.2) is 0 Å². The van der Waals surface area contributed by atoms with Crippen LogP contribution in [0.3, 0.4) is 0 Å². The van der Waals surface area contributed by atoms with Gasteiger partial charge in [0.25, 0.3) is 0 Å². The Morgan fingerprint density at radius 3 is 2.75 bits per heavy atom. The Morgan fingerprint density at radius 1 is 1.30 bits per heavy atom. The van der Waals surface area contributed by atoms with Crippen molar-refractivity contribution < 1.29 is 9.15 Å². The van der Waals surface area contributed by atoms with Gasteiger partial charge in [-0.1, -0.05) is 0 Å². The van der Waals surface area contributed by atoms with Gasteiger partial charge in [-0.2, -0.15) is 15.0 Å². The molecule has 0 fully saturated rings. The van der Waals surface area contributed by atoms with E-state index in [0.717, 1.165) is 12.2 Å². The first-order valence-corrected chi connectivity index (χ1v) is 6.50. The minimum Gasteiger partial charge on any atom is -0.469 e. The molecule has 0 spiro atoms. The lowest BCUT2D eigenvalue weighted by Gasteiger charge is -2.14. The maximum atomic E-state index is 5.65. The van der Waals surface area contributed by atoms with Crippen molar-refractivity contribution in [3.05, 3.63) is 24.2 Å². The smallest absolute Gasteiger partial charge is 0.323 e. The second-order valence-electron chi connectivity index (χ2n) is 4.80. The van der Waals surface area contributed by atoms with E-state index in [0.29, 0.717) is 5.95 Å². The summed E-state index contributed by atoms with van der Waals surface area (Å²) in [5.74, 6) is 1.42. The number of ether oxygens (including phenoxy) is 1. The topological polar surface area (TPSA) is 99.1 Å². The molecular weight excluding hydrogens is 258 g/mol. The molecule has 0 amide bonds. The Balaban J connectivity index is 2.02. The number of rotatable bonds is 6. The van der Waals surface area contributed by atoms with Crippen LogP contribution in [-0.2, 0) is 6.42 Å². The Morgan fingerprint density at radius 2 is 2.10 bits per heavy atom. The van der Waals surface area contributed by atoms with E-state index in [1.165, 1.54) is 0 Å². The molecule has 2 heterocycles. The zero-order valence-corrected chi connectivity index (χ0v) is 11.8. The van der Waals surface area contributed by atoms with Crippen molar-refractivity contribution in [3.8, 4) is 6.01 Å². The third kappa shape index (κ3) is 4.11. The SMILES string of the molecule is CC(Cc1ccco1)Nc1nc(N)nc(OC(C)C)n1. The molecule has 2 rings (SSSR count). The number of nitrogen functional groups attached to an aromatic ring is 1. The Kier molecular flexibility index (Phi) is 4.39. The summed E-state index contributed by atoms with van der Waals surface area (Å²) in [6.45, 7) is 5.80. The fourth-order valence-corrected chi connectivity index (χ4v) is 1.70. The van der Waals surface area contributed by atoms with E-state index in [9.17, 15) is 0 Å². The largest absolute Gasteiger partial charge is 0.469 e. The molecule has 2 aromatic heterocycles. The van der Waals surface area contributed by atoms with E-state index in [-0.39, 0.29) is 24.1 Å². The van der Waals surface area contributed by atoms with Crippen molar-refractivity contribution in [2.75, 3.05) is 11.1 Å². The Bertz CT molecular complexity index is 542. The summed E-state index contributed by atoms with van der Waals surface area (Å²) in [5, 5.41) is 3.15. The first-order chi connectivity index (χ1) is 9.52. The number of hydrogen-bond acceptors (Lipinski definition) is 7. The van der Waals surface area contributed by atoms with Crippen LogP contribution in [0.2, 0.25) is 0 Å². The molecule has 3 N–H and O–H groups in total. The van der Waals surface area contributed by atoms with E-state index in [4.69, 9.17) is 14.9 Å². The molecule has 0 saturated carbocycles. The van der Waals surface area contributed by atoms with Gasteiger partial charge >= 0.3 is 6.01 Å². The van der Waals surface area contributed by atoms with E-state index < -0.39 is 0 Å². The van der Waals surface area contributed by atoms with Crippen molar-refractivity contribution in [2.24, 2.45) is 0 Å². The molecule has 0 aliphatic carbocycles. The number of nitrogens with one attached hydrogen (secondary N) is 1. The minimum absolute atomic E-state index is 0.0230. The Hall–Kier alpha value is -2.31. The number of nitrogens with two attached hydrogens (primary N) is 1. The lowest BCUT2D eigenvalue weighted by molar-refractivity contribution is 0.222. The van der Waals surface area contributed by atoms with Crippen LogP contribution < -0.4 is 15.8 Å². The molecule has 7 heteroatoms. The van der Waals surface area contributed by atoms with Gasteiger partial charge in [0.15, 0.2) is 0 Å². The molecule has 1 atom stereocenters. The molecular formula is C13H19N5O2. The molecule has 0 aliphatic heterocycles. The molecule has 7 nitrogen and oxygen atoms in total. The number of aromatic nitrogens is 3. The summed E-state index contributed by atoms with van der Waals surface area (Å²) >= 11 is 0. The lowest BCUT2D eigenvalue weighted by Crippen LogP contribution is -2.21. The van der Waals surface area contributed by atoms with Gasteiger partial charge in [0.05, 0.1) is 12.4 Å². The molecule has 2 aromatic rings. The number of anilines is 2. The molecule has 1 unspecified atom stereocenters. The molecule has 0 aliphatic rings. The average Bonchev–Trinajstić information content (AvgIpc) is 2.79. The summed E-state index contributed by atoms with van der Waals surface area (Å²) in [6.07, 6.45) is 2.35. The molecule has 108 valence electrons. The molecule has 0 bridgehead atoms. The van der Waals surface area contributed by atoms with Gasteiger partial charge in [-0.05, 0) is 32.9 Å². The van der Waals surface area contributed by atoms with Gasteiger partial charge in [0, 0.05) is 12.5 Å². The molecule has 20 heavy (non-hydrogen) atoms. The van der Waals surface area contributed by atoms with Crippen LogP contribution in [0.25, 0.3) is 0 Å². The molecule has 0 aromatic carbocycles. The van der Waals surface area contributed by atoms with Crippen molar-refractivity contribution in [1.82, 2.24) is 15.0 Å². The van der Waals surface area contributed by atoms with Gasteiger partial charge in [0.1, 0.15) is 5.76 Å². The summed E-state index contributed by atoms with van der Waals surface area (Å²) in [6, 6.07) is 4.10. The number of hydrogen-bond donors (Lipinski definition) is 2. The van der Waals surface area contributed by atoms with Crippen LogP contribution in [0, 0.1) is 0 Å². The van der Waals surface area contributed by atoms with Gasteiger partial charge in [-0.3, -0.25) is 0 Å². The van der Waals surface area contributed by atoms with Crippen molar-refractivity contribution >= 4 is 11.9 Å². The third-order valence-electron chi connectivity index (χ3n) is 2.44.